The number of fused-ring (bicyclic) bond motifs is 1. The van der Waals surface area contributed by atoms with Crippen molar-refractivity contribution in [2.24, 2.45) is 17.3 Å². The van der Waals surface area contributed by atoms with Gasteiger partial charge in [0.15, 0.2) is 5.69 Å². The van der Waals surface area contributed by atoms with Crippen LogP contribution in [0.25, 0.3) is 10.9 Å². The Morgan fingerprint density at radius 3 is 2.77 bits per heavy atom. The summed E-state index contributed by atoms with van der Waals surface area (Å²) in [5.74, 6) is 0.102. The van der Waals surface area contributed by atoms with Gasteiger partial charge in [-0.25, -0.2) is 0 Å². The molecule has 0 amide bonds. The Balaban J connectivity index is 1.77. The van der Waals surface area contributed by atoms with Gasteiger partial charge in [-0.05, 0) is 31.1 Å². The molecule has 1 aliphatic carbocycles. The van der Waals surface area contributed by atoms with E-state index in [9.17, 15) is 5.11 Å². The number of hydrogen-bond donors (Lipinski definition) is 2. The van der Waals surface area contributed by atoms with Gasteiger partial charge in [0.25, 0.3) is 0 Å². The number of benzene rings is 1. The zero-order chi connectivity index (χ0) is 15.5. The summed E-state index contributed by atoms with van der Waals surface area (Å²) in [7, 11) is 1.80. The number of aromatic hydroxyl groups is 1. The molecular weight excluding hydrogens is 296 g/mol. The summed E-state index contributed by atoms with van der Waals surface area (Å²) >= 11 is 5.25. The van der Waals surface area contributed by atoms with Crippen LogP contribution in [0.2, 0.25) is 0 Å². The minimum absolute atomic E-state index is 0.102. The van der Waals surface area contributed by atoms with Crippen LogP contribution in [0.1, 0.15) is 32.1 Å². The molecule has 0 atom stereocenters. The molecule has 0 aliphatic heterocycles. The van der Waals surface area contributed by atoms with E-state index in [1.54, 1.807) is 11.6 Å². The van der Waals surface area contributed by atoms with E-state index in [0.29, 0.717) is 16.8 Å². The van der Waals surface area contributed by atoms with Crippen LogP contribution in [0.3, 0.4) is 0 Å². The summed E-state index contributed by atoms with van der Waals surface area (Å²) in [5, 5.41) is 23.0. The molecule has 2 N–H and O–H groups in total. The predicted molar refractivity (Wildman–Crippen MR) is 91.7 cm³/mol. The van der Waals surface area contributed by atoms with E-state index in [-0.39, 0.29) is 5.88 Å². The highest BCUT2D eigenvalue weighted by molar-refractivity contribution is 7.80. The summed E-state index contributed by atoms with van der Waals surface area (Å²) in [6.45, 7) is 0. The smallest absolute Gasteiger partial charge is 0.220 e. The number of nitrogens with zero attached hydrogens (tertiary/aromatic N) is 3. The lowest BCUT2D eigenvalue weighted by Gasteiger charge is -2.22. The summed E-state index contributed by atoms with van der Waals surface area (Å²) in [4.78, 5) is 0. The maximum atomic E-state index is 10.2. The molecule has 1 aliphatic rings. The molecular formula is C16H20N4OS. The minimum atomic E-state index is 0.102. The number of azo groups is 1. The van der Waals surface area contributed by atoms with Gasteiger partial charge in [0.2, 0.25) is 11.0 Å². The van der Waals surface area contributed by atoms with Gasteiger partial charge in [0, 0.05) is 18.5 Å². The molecule has 0 spiro atoms. The first-order valence-corrected chi connectivity index (χ1v) is 8.06. The van der Waals surface area contributed by atoms with Crippen LogP contribution in [-0.2, 0) is 7.05 Å². The Hall–Kier alpha value is -1.95. The van der Waals surface area contributed by atoms with E-state index in [0.717, 1.165) is 23.7 Å². The molecule has 22 heavy (non-hydrogen) atoms. The second kappa shape index (κ2) is 6.44. The topological polar surface area (TPSA) is 61.9 Å². The second-order valence-electron chi connectivity index (χ2n) is 5.73. The van der Waals surface area contributed by atoms with Gasteiger partial charge in [0.05, 0.1) is 5.52 Å². The Morgan fingerprint density at radius 1 is 1.27 bits per heavy atom. The fourth-order valence-corrected chi connectivity index (χ4v) is 3.21. The van der Waals surface area contributed by atoms with Crippen molar-refractivity contribution in [2.75, 3.05) is 0 Å². The highest BCUT2D eigenvalue weighted by Crippen LogP contribution is 2.37. The number of nitrogens with one attached hydrogen (secondary N) is 1. The molecule has 0 saturated heterocycles. The van der Waals surface area contributed by atoms with Gasteiger partial charge in [-0.2, -0.15) is 0 Å². The van der Waals surface area contributed by atoms with E-state index >= 15 is 0 Å². The second-order valence-corrected chi connectivity index (χ2v) is 6.12. The van der Waals surface area contributed by atoms with Crippen molar-refractivity contribution in [1.29, 1.82) is 0 Å². The standard InChI is InChI=1S/C16H20N4OS/c1-20-13-10-6-5-9-12(13)14(15(20)21)18-19-16(22)17-11-7-3-2-4-8-11/h5-6,9-11,21H,2-4,7-8H2,1H3,(H,17,22). The molecule has 6 heteroatoms. The third-order valence-electron chi connectivity index (χ3n) is 4.22. The van der Waals surface area contributed by atoms with Crippen molar-refractivity contribution in [3.63, 3.8) is 0 Å². The lowest BCUT2D eigenvalue weighted by Crippen LogP contribution is -2.33. The molecule has 0 unspecified atom stereocenters. The first-order chi connectivity index (χ1) is 10.7. The van der Waals surface area contributed by atoms with E-state index in [1.165, 1.54) is 19.3 Å². The monoisotopic (exact) mass is 316 g/mol. The Kier molecular flexibility index (Phi) is 4.38. The molecule has 1 aromatic carbocycles. The number of rotatable bonds is 2. The van der Waals surface area contributed by atoms with Crippen molar-refractivity contribution < 1.29 is 5.11 Å². The summed E-state index contributed by atoms with van der Waals surface area (Å²) < 4.78 is 1.70. The highest BCUT2D eigenvalue weighted by atomic mass is 32.1. The van der Waals surface area contributed by atoms with Crippen LogP contribution in [-0.4, -0.2) is 20.8 Å². The van der Waals surface area contributed by atoms with Crippen LogP contribution in [0.15, 0.2) is 34.5 Å². The van der Waals surface area contributed by atoms with Crippen molar-refractivity contribution >= 4 is 33.9 Å². The number of hydrogen-bond acceptors (Lipinski definition) is 3. The number of aryl methyl sites for hydroxylation is 1. The average Bonchev–Trinajstić information content (AvgIpc) is 2.78. The molecule has 2 aromatic rings. The van der Waals surface area contributed by atoms with Crippen molar-refractivity contribution in [1.82, 2.24) is 9.88 Å². The lowest BCUT2D eigenvalue weighted by atomic mass is 9.96. The maximum absolute atomic E-state index is 10.2. The van der Waals surface area contributed by atoms with Gasteiger partial charge in [-0.1, -0.05) is 37.5 Å². The van der Waals surface area contributed by atoms with Crippen LogP contribution < -0.4 is 5.32 Å². The molecule has 1 heterocycles. The molecule has 1 aromatic heterocycles. The van der Waals surface area contributed by atoms with E-state index in [4.69, 9.17) is 12.2 Å². The highest BCUT2D eigenvalue weighted by Gasteiger charge is 2.15. The van der Waals surface area contributed by atoms with Crippen LogP contribution in [0.4, 0.5) is 5.69 Å². The number of para-hydroxylation sites is 1. The lowest BCUT2D eigenvalue weighted by molar-refractivity contribution is 0.414. The number of aromatic nitrogens is 1. The Morgan fingerprint density at radius 2 is 2.00 bits per heavy atom. The van der Waals surface area contributed by atoms with Crippen molar-refractivity contribution in [3.8, 4) is 5.88 Å². The van der Waals surface area contributed by atoms with Crippen LogP contribution >= 0.6 is 12.2 Å². The molecule has 0 radical (unpaired) electrons. The quantitative estimate of drug-likeness (QED) is 0.645. The fourth-order valence-electron chi connectivity index (χ4n) is 3.00. The zero-order valence-corrected chi connectivity index (χ0v) is 13.4. The van der Waals surface area contributed by atoms with E-state index < -0.39 is 0 Å². The van der Waals surface area contributed by atoms with Gasteiger partial charge >= 0.3 is 0 Å². The van der Waals surface area contributed by atoms with E-state index in [2.05, 4.69) is 15.5 Å². The zero-order valence-electron chi connectivity index (χ0n) is 12.6. The third-order valence-corrected chi connectivity index (χ3v) is 4.42. The first-order valence-electron chi connectivity index (χ1n) is 7.65. The van der Waals surface area contributed by atoms with Gasteiger partial charge < -0.3 is 15.0 Å². The average molecular weight is 316 g/mol. The number of thiocarbonyl (C=S) groups is 1. The normalized spacial score (nSPS) is 16.4. The molecule has 1 saturated carbocycles. The van der Waals surface area contributed by atoms with Gasteiger partial charge in [-0.15, -0.1) is 10.2 Å². The van der Waals surface area contributed by atoms with Crippen molar-refractivity contribution in [2.45, 2.75) is 38.1 Å². The van der Waals surface area contributed by atoms with Crippen LogP contribution in [0, 0.1) is 0 Å². The predicted octanol–water partition coefficient (Wildman–Crippen LogP) is 4.17. The molecule has 116 valence electrons. The third kappa shape index (κ3) is 2.97. The molecule has 1 fully saturated rings. The van der Waals surface area contributed by atoms with Crippen LogP contribution in [0.5, 0.6) is 5.88 Å². The Bertz CT molecular complexity index is 716. The SMILES string of the molecule is Cn1c(O)c(N=NC(=S)NC2CCCCC2)c2ccccc21. The first kappa shape index (κ1) is 15.0. The molecule has 5 nitrogen and oxygen atoms in total. The largest absolute Gasteiger partial charge is 0.493 e. The van der Waals surface area contributed by atoms with Gasteiger partial charge in [0.1, 0.15) is 0 Å². The summed E-state index contributed by atoms with van der Waals surface area (Å²) in [5.41, 5.74) is 1.38. The fraction of sp³-hybridized carbons (Fsp3) is 0.438. The summed E-state index contributed by atoms with van der Waals surface area (Å²) in [6, 6.07) is 8.10. The van der Waals surface area contributed by atoms with E-state index in [1.807, 2.05) is 24.3 Å². The Labute approximate surface area is 135 Å². The van der Waals surface area contributed by atoms with Crippen molar-refractivity contribution in [3.05, 3.63) is 24.3 Å². The molecule has 0 bridgehead atoms. The summed E-state index contributed by atoms with van der Waals surface area (Å²) in [6.07, 6.45) is 6.05. The minimum Gasteiger partial charge on any atom is -0.493 e. The maximum Gasteiger partial charge on any atom is 0.220 e. The molecule has 3 rings (SSSR count). The van der Waals surface area contributed by atoms with Gasteiger partial charge in [-0.3, -0.25) is 0 Å².